The van der Waals surface area contributed by atoms with Gasteiger partial charge >= 0.3 is 0 Å². The van der Waals surface area contributed by atoms with Gasteiger partial charge in [0.15, 0.2) is 10.3 Å². The second-order valence-corrected chi connectivity index (χ2v) is 5.16. The van der Waals surface area contributed by atoms with Crippen molar-refractivity contribution in [1.82, 2.24) is 24.7 Å². The maximum absolute atomic E-state index is 5.64. The molecule has 6 nitrogen and oxygen atoms in total. The summed E-state index contributed by atoms with van der Waals surface area (Å²) < 4.78 is 2.17. The van der Waals surface area contributed by atoms with E-state index in [1.165, 1.54) is 31.0 Å². The molecule has 0 amide bonds. The highest BCUT2D eigenvalue weighted by atomic mass is 32.2. The van der Waals surface area contributed by atoms with Crippen LogP contribution in [0.2, 0.25) is 0 Å². The molecule has 0 saturated heterocycles. The Hall–Kier alpha value is -1.63. The zero-order valence-electron chi connectivity index (χ0n) is 9.91. The molecule has 94 valence electrons. The van der Waals surface area contributed by atoms with E-state index in [0.29, 0.717) is 11.0 Å². The van der Waals surface area contributed by atoms with Crippen LogP contribution in [0.5, 0.6) is 0 Å². The smallest absolute Gasteiger partial charge is 0.199 e. The van der Waals surface area contributed by atoms with E-state index in [1.807, 2.05) is 0 Å². The van der Waals surface area contributed by atoms with Gasteiger partial charge in [0.2, 0.25) is 0 Å². The average Bonchev–Trinajstić information content (AvgIpc) is 2.60. The van der Waals surface area contributed by atoms with Crippen molar-refractivity contribution in [1.29, 1.82) is 0 Å². The lowest BCUT2D eigenvalue weighted by atomic mass is 10.2. The third-order valence-corrected chi connectivity index (χ3v) is 3.78. The van der Waals surface area contributed by atoms with E-state index in [9.17, 15) is 0 Å². The van der Waals surface area contributed by atoms with Crippen LogP contribution >= 0.6 is 11.8 Å². The molecule has 0 unspecified atom stereocenters. The first kappa shape index (κ1) is 11.5. The van der Waals surface area contributed by atoms with Crippen LogP contribution in [0, 0.1) is 0 Å². The highest BCUT2D eigenvalue weighted by Gasteiger charge is 2.16. The first-order valence-corrected chi connectivity index (χ1v) is 6.83. The Balaban J connectivity index is 1.87. The molecule has 0 atom stereocenters. The minimum absolute atomic E-state index is 0.475. The monoisotopic (exact) mass is 262 g/mol. The minimum Gasteiger partial charge on any atom is -0.384 e. The summed E-state index contributed by atoms with van der Waals surface area (Å²) in [7, 11) is 0. The molecule has 0 aromatic carbocycles. The van der Waals surface area contributed by atoms with Gasteiger partial charge in [0.1, 0.15) is 11.6 Å². The number of hydrogen-bond acceptors (Lipinski definition) is 6. The molecule has 7 heteroatoms. The van der Waals surface area contributed by atoms with E-state index in [0.717, 1.165) is 23.9 Å². The number of fused-ring (bicyclic) bond motifs is 1. The van der Waals surface area contributed by atoms with Crippen molar-refractivity contribution in [3.05, 3.63) is 18.1 Å². The summed E-state index contributed by atoms with van der Waals surface area (Å²) in [6.45, 7) is 0.979. The molecule has 1 aliphatic rings. The van der Waals surface area contributed by atoms with Gasteiger partial charge in [0.05, 0.1) is 0 Å². The fourth-order valence-electron chi connectivity index (χ4n) is 2.02. The molecule has 2 N–H and O–H groups in total. The van der Waals surface area contributed by atoms with Crippen LogP contribution in [0.4, 0.5) is 5.82 Å². The first-order chi connectivity index (χ1) is 8.83. The van der Waals surface area contributed by atoms with Crippen molar-refractivity contribution in [2.24, 2.45) is 0 Å². The molecule has 0 bridgehead atoms. The van der Waals surface area contributed by atoms with E-state index >= 15 is 0 Å². The molecule has 2 aromatic rings. The summed E-state index contributed by atoms with van der Waals surface area (Å²) in [5.41, 5.74) is 5.64. The maximum Gasteiger partial charge on any atom is 0.199 e. The van der Waals surface area contributed by atoms with Gasteiger partial charge in [-0.3, -0.25) is 0 Å². The number of nitrogens with two attached hydrogens (primary N) is 1. The van der Waals surface area contributed by atoms with Crippen LogP contribution in [-0.2, 0) is 13.0 Å². The van der Waals surface area contributed by atoms with Crippen molar-refractivity contribution in [3.63, 3.8) is 0 Å². The Morgan fingerprint density at radius 2 is 2.17 bits per heavy atom. The Bertz CT molecular complexity index is 552. The number of nitrogens with zero attached hydrogens (tertiary/aromatic N) is 5. The Morgan fingerprint density at radius 3 is 3.06 bits per heavy atom. The standard InChI is InChI=1S/C11H14N6S/c12-8-5-6-13-10(14-8)18-11-16-15-9-4-2-1-3-7-17(9)11/h5-6H,1-4,7H2,(H2,12,13,14). The van der Waals surface area contributed by atoms with Crippen LogP contribution in [0.1, 0.15) is 25.1 Å². The number of hydrogen-bond donors (Lipinski definition) is 1. The van der Waals surface area contributed by atoms with Crippen LogP contribution in [0.25, 0.3) is 0 Å². The van der Waals surface area contributed by atoms with Crippen LogP contribution in [0.15, 0.2) is 22.6 Å². The summed E-state index contributed by atoms with van der Waals surface area (Å²) in [6.07, 6.45) is 6.28. The van der Waals surface area contributed by atoms with Gasteiger partial charge in [0.25, 0.3) is 0 Å². The molecule has 1 aliphatic heterocycles. The minimum atomic E-state index is 0.475. The summed E-state index contributed by atoms with van der Waals surface area (Å²) >= 11 is 1.42. The molecule has 0 saturated carbocycles. The van der Waals surface area contributed by atoms with Crippen molar-refractivity contribution in [2.75, 3.05) is 5.73 Å². The quantitative estimate of drug-likeness (QED) is 0.826. The molecule has 0 spiro atoms. The van der Waals surface area contributed by atoms with Gasteiger partial charge in [-0.05, 0) is 30.7 Å². The molecular weight excluding hydrogens is 248 g/mol. The van der Waals surface area contributed by atoms with Crippen LogP contribution < -0.4 is 5.73 Å². The number of rotatable bonds is 2. The highest BCUT2D eigenvalue weighted by molar-refractivity contribution is 7.99. The third kappa shape index (κ3) is 2.31. The lowest BCUT2D eigenvalue weighted by Crippen LogP contribution is -2.02. The second-order valence-electron chi connectivity index (χ2n) is 4.23. The highest BCUT2D eigenvalue weighted by Crippen LogP contribution is 2.26. The van der Waals surface area contributed by atoms with E-state index in [4.69, 9.17) is 5.73 Å². The Morgan fingerprint density at radius 1 is 1.22 bits per heavy atom. The van der Waals surface area contributed by atoms with Gasteiger partial charge in [0, 0.05) is 19.2 Å². The van der Waals surface area contributed by atoms with E-state index < -0.39 is 0 Å². The number of aryl methyl sites for hydroxylation is 1. The topological polar surface area (TPSA) is 82.5 Å². The normalized spacial score (nSPS) is 15.1. The van der Waals surface area contributed by atoms with E-state index in [2.05, 4.69) is 24.7 Å². The van der Waals surface area contributed by atoms with Crippen molar-refractivity contribution < 1.29 is 0 Å². The summed E-state index contributed by atoms with van der Waals surface area (Å²) in [5, 5.41) is 9.94. The van der Waals surface area contributed by atoms with Crippen molar-refractivity contribution in [2.45, 2.75) is 42.5 Å². The zero-order valence-corrected chi connectivity index (χ0v) is 10.7. The van der Waals surface area contributed by atoms with E-state index in [-0.39, 0.29) is 0 Å². The van der Waals surface area contributed by atoms with Gasteiger partial charge in [-0.1, -0.05) is 6.42 Å². The lowest BCUT2D eigenvalue weighted by molar-refractivity contribution is 0.590. The SMILES string of the molecule is Nc1ccnc(Sc2nnc3n2CCCCC3)n1. The predicted octanol–water partition coefficient (Wildman–Crippen LogP) is 1.53. The number of aromatic nitrogens is 5. The molecule has 3 rings (SSSR count). The number of anilines is 1. The van der Waals surface area contributed by atoms with Crippen molar-refractivity contribution >= 4 is 17.6 Å². The molecule has 0 radical (unpaired) electrons. The van der Waals surface area contributed by atoms with Crippen LogP contribution in [0.3, 0.4) is 0 Å². The third-order valence-electron chi connectivity index (χ3n) is 2.91. The average molecular weight is 262 g/mol. The molecular formula is C11H14N6S. The molecule has 0 fully saturated rings. The fraction of sp³-hybridized carbons (Fsp3) is 0.455. The Labute approximate surface area is 109 Å². The predicted molar refractivity (Wildman–Crippen MR) is 68.1 cm³/mol. The lowest BCUT2D eigenvalue weighted by Gasteiger charge is -2.05. The van der Waals surface area contributed by atoms with E-state index in [1.54, 1.807) is 12.3 Å². The summed E-state index contributed by atoms with van der Waals surface area (Å²) in [5.74, 6) is 1.54. The Kier molecular flexibility index (Phi) is 3.14. The molecule has 0 aliphatic carbocycles. The number of nitrogen functional groups attached to an aromatic ring is 1. The maximum atomic E-state index is 5.64. The van der Waals surface area contributed by atoms with Gasteiger partial charge in [-0.25, -0.2) is 9.97 Å². The zero-order chi connectivity index (χ0) is 12.4. The van der Waals surface area contributed by atoms with Crippen molar-refractivity contribution in [3.8, 4) is 0 Å². The molecule has 18 heavy (non-hydrogen) atoms. The largest absolute Gasteiger partial charge is 0.384 e. The molecule has 3 heterocycles. The summed E-state index contributed by atoms with van der Waals surface area (Å²) in [6, 6.07) is 1.67. The second kappa shape index (κ2) is 4.93. The van der Waals surface area contributed by atoms with Gasteiger partial charge in [-0.2, -0.15) is 0 Å². The fourth-order valence-corrected chi connectivity index (χ4v) is 2.84. The summed E-state index contributed by atoms with van der Waals surface area (Å²) in [4.78, 5) is 8.35. The molecule has 2 aromatic heterocycles. The van der Waals surface area contributed by atoms with Gasteiger partial charge < -0.3 is 10.3 Å². The van der Waals surface area contributed by atoms with Gasteiger partial charge in [-0.15, -0.1) is 10.2 Å². The first-order valence-electron chi connectivity index (χ1n) is 6.01. The van der Waals surface area contributed by atoms with Crippen LogP contribution in [-0.4, -0.2) is 24.7 Å².